The largest absolute Gasteiger partial charge is 0.310 e. The highest BCUT2D eigenvalue weighted by molar-refractivity contribution is 5.99. The van der Waals surface area contributed by atoms with E-state index >= 15 is 0 Å². The van der Waals surface area contributed by atoms with Gasteiger partial charge in [0.05, 0.1) is 11.7 Å². The summed E-state index contributed by atoms with van der Waals surface area (Å²) in [6, 6.07) is 1.83. The van der Waals surface area contributed by atoms with Crippen molar-refractivity contribution in [2.45, 2.75) is 25.9 Å². The van der Waals surface area contributed by atoms with Gasteiger partial charge in [0.2, 0.25) is 0 Å². The van der Waals surface area contributed by atoms with E-state index in [1.54, 1.807) is 4.68 Å². The molecule has 0 saturated heterocycles. The summed E-state index contributed by atoms with van der Waals surface area (Å²) in [5, 5.41) is 7.25. The Morgan fingerprint density at radius 3 is 3.15 bits per heavy atom. The monoisotopic (exact) mass is 179 g/mol. The molecule has 1 unspecified atom stereocenters. The van der Waals surface area contributed by atoms with Crippen molar-refractivity contribution in [1.82, 2.24) is 15.1 Å². The van der Waals surface area contributed by atoms with Gasteiger partial charge in [0.1, 0.15) is 5.69 Å². The predicted octanol–water partition coefficient (Wildman–Crippen LogP) is 0.366. The maximum absolute atomic E-state index is 11.7. The maximum Gasteiger partial charge on any atom is 0.197 e. The number of rotatable bonds is 1. The van der Waals surface area contributed by atoms with Gasteiger partial charge in [-0.2, -0.15) is 5.10 Å². The van der Waals surface area contributed by atoms with Crippen LogP contribution in [0.15, 0.2) is 6.07 Å². The zero-order chi connectivity index (χ0) is 9.42. The molecule has 1 aromatic rings. The van der Waals surface area contributed by atoms with E-state index in [1.165, 1.54) is 0 Å². The first kappa shape index (κ1) is 8.44. The van der Waals surface area contributed by atoms with E-state index < -0.39 is 0 Å². The molecule has 2 heterocycles. The van der Waals surface area contributed by atoms with E-state index in [4.69, 9.17) is 0 Å². The van der Waals surface area contributed by atoms with Gasteiger partial charge in [-0.3, -0.25) is 9.48 Å². The Labute approximate surface area is 76.9 Å². The summed E-state index contributed by atoms with van der Waals surface area (Å²) in [7, 11) is 1.82. The highest BCUT2D eigenvalue weighted by Gasteiger charge is 2.26. The van der Waals surface area contributed by atoms with Crippen LogP contribution in [0, 0.1) is 6.92 Å². The fourth-order valence-corrected chi connectivity index (χ4v) is 1.75. The molecule has 4 nitrogen and oxygen atoms in total. The first-order chi connectivity index (χ1) is 6.22. The molecule has 0 radical (unpaired) electrons. The van der Waals surface area contributed by atoms with Crippen LogP contribution in [-0.2, 0) is 6.54 Å². The molecule has 13 heavy (non-hydrogen) atoms. The lowest BCUT2D eigenvalue weighted by Crippen LogP contribution is -2.40. The normalized spacial score (nSPS) is 21.7. The number of hydrogen-bond donors (Lipinski definition) is 1. The van der Waals surface area contributed by atoms with Crippen molar-refractivity contribution < 1.29 is 4.79 Å². The van der Waals surface area contributed by atoms with Crippen molar-refractivity contribution in [3.05, 3.63) is 17.5 Å². The summed E-state index contributed by atoms with van der Waals surface area (Å²) in [6.45, 7) is 2.74. The standard InChI is InChI=1S/C9H13N3O/c1-6-5-8-9(13)7(10-2)3-4-12(8)11-6/h5,7,10H,3-4H2,1-2H3. The molecule has 0 aromatic carbocycles. The van der Waals surface area contributed by atoms with Gasteiger partial charge in [-0.25, -0.2) is 0 Å². The Morgan fingerprint density at radius 2 is 2.46 bits per heavy atom. The quantitative estimate of drug-likeness (QED) is 0.677. The number of carbonyl (C=O) groups excluding carboxylic acids is 1. The second-order valence-corrected chi connectivity index (χ2v) is 3.39. The number of aryl methyl sites for hydroxylation is 2. The topological polar surface area (TPSA) is 46.9 Å². The number of likely N-dealkylation sites (N-methyl/N-ethyl adjacent to an activating group) is 1. The van der Waals surface area contributed by atoms with Crippen LogP contribution in [-0.4, -0.2) is 28.7 Å². The summed E-state index contributed by atoms with van der Waals surface area (Å²) in [4.78, 5) is 11.7. The van der Waals surface area contributed by atoms with Crippen LogP contribution >= 0.6 is 0 Å². The van der Waals surface area contributed by atoms with Crippen LogP contribution in [0.3, 0.4) is 0 Å². The molecule has 1 N–H and O–H groups in total. The van der Waals surface area contributed by atoms with Crippen LogP contribution in [0.2, 0.25) is 0 Å². The van der Waals surface area contributed by atoms with Crippen LogP contribution in [0.25, 0.3) is 0 Å². The van der Waals surface area contributed by atoms with Gasteiger partial charge in [0, 0.05) is 6.54 Å². The molecule has 0 spiro atoms. The van der Waals surface area contributed by atoms with E-state index in [0.29, 0.717) is 0 Å². The molecule has 1 atom stereocenters. The third-order valence-corrected chi connectivity index (χ3v) is 2.45. The number of fused-ring (bicyclic) bond motifs is 1. The van der Waals surface area contributed by atoms with Crippen LogP contribution in [0.5, 0.6) is 0 Å². The molecule has 1 aliphatic heterocycles. The molecule has 0 bridgehead atoms. The maximum atomic E-state index is 11.7. The number of nitrogens with zero attached hydrogens (tertiary/aromatic N) is 2. The summed E-state index contributed by atoms with van der Waals surface area (Å²) < 4.78 is 1.80. The Bertz CT molecular complexity index is 343. The highest BCUT2D eigenvalue weighted by atomic mass is 16.1. The Balaban J connectivity index is 2.38. The van der Waals surface area contributed by atoms with Gasteiger partial charge in [-0.1, -0.05) is 0 Å². The van der Waals surface area contributed by atoms with Gasteiger partial charge in [-0.15, -0.1) is 0 Å². The minimum absolute atomic E-state index is 0.0244. The number of Topliss-reactive ketones (excluding diaryl/α,β-unsaturated/α-hetero) is 1. The average molecular weight is 179 g/mol. The number of aromatic nitrogens is 2. The fourth-order valence-electron chi connectivity index (χ4n) is 1.75. The van der Waals surface area contributed by atoms with Crippen LogP contribution in [0.4, 0.5) is 0 Å². The molecule has 4 heteroatoms. The van der Waals surface area contributed by atoms with Crippen molar-refractivity contribution in [3.8, 4) is 0 Å². The molecule has 0 aliphatic carbocycles. The lowest BCUT2D eigenvalue weighted by molar-refractivity contribution is 0.0908. The number of nitrogens with one attached hydrogen (secondary N) is 1. The van der Waals surface area contributed by atoms with E-state index in [-0.39, 0.29) is 11.8 Å². The van der Waals surface area contributed by atoms with Crippen molar-refractivity contribution in [1.29, 1.82) is 0 Å². The number of hydrogen-bond acceptors (Lipinski definition) is 3. The summed E-state index contributed by atoms with van der Waals surface area (Å²) in [6.07, 6.45) is 0.837. The second-order valence-electron chi connectivity index (χ2n) is 3.39. The van der Waals surface area contributed by atoms with Gasteiger partial charge in [0.15, 0.2) is 5.78 Å². The lowest BCUT2D eigenvalue weighted by atomic mass is 10.0. The third-order valence-electron chi connectivity index (χ3n) is 2.45. The van der Waals surface area contributed by atoms with E-state index in [9.17, 15) is 4.79 Å². The van der Waals surface area contributed by atoms with Crippen LogP contribution < -0.4 is 5.32 Å². The minimum atomic E-state index is -0.0244. The summed E-state index contributed by atoms with van der Waals surface area (Å²) in [5.41, 5.74) is 1.66. The van der Waals surface area contributed by atoms with Gasteiger partial charge in [0.25, 0.3) is 0 Å². The predicted molar refractivity (Wildman–Crippen MR) is 48.8 cm³/mol. The van der Waals surface area contributed by atoms with Crippen molar-refractivity contribution in [2.24, 2.45) is 0 Å². The van der Waals surface area contributed by atoms with E-state index in [2.05, 4.69) is 10.4 Å². The Kier molecular flexibility index (Phi) is 1.92. The molecule has 2 rings (SSSR count). The van der Waals surface area contributed by atoms with Gasteiger partial charge in [-0.05, 0) is 26.5 Å². The summed E-state index contributed by atoms with van der Waals surface area (Å²) in [5.74, 6) is 0.161. The Hall–Kier alpha value is -1.16. The SMILES string of the molecule is CNC1CCn2nc(C)cc2C1=O. The van der Waals surface area contributed by atoms with Gasteiger partial charge < -0.3 is 5.32 Å². The van der Waals surface area contributed by atoms with Gasteiger partial charge >= 0.3 is 0 Å². The molecule has 1 aromatic heterocycles. The first-order valence-electron chi connectivity index (χ1n) is 4.48. The molecular formula is C9H13N3O. The minimum Gasteiger partial charge on any atom is -0.310 e. The molecular weight excluding hydrogens is 166 g/mol. The number of carbonyl (C=O) groups is 1. The van der Waals surface area contributed by atoms with Crippen molar-refractivity contribution >= 4 is 5.78 Å². The molecule has 0 amide bonds. The number of ketones is 1. The smallest absolute Gasteiger partial charge is 0.197 e. The molecule has 0 saturated carbocycles. The third kappa shape index (κ3) is 1.27. The zero-order valence-electron chi connectivity index (χ0n) is 7.87. The Morgan fingerprint density at radius 1 is 1.69 bits per heavy atom. The van der Waals surface area contributed by atoms with Crippen LogP contribution in [0.1, 0.15) is 22.6 Å². The summed E-state index contributed by atoms with van der Waals surface area (Å²) >= 11 is 0. The fraction of sp³-hybridized carbons (Fsp3) is 0.556. The molecule has 0 fully saturated rings. The lowest BCUT2D eigenvalue weighted by Gasteiger charge is -2.20. The first-order valence-corrected chi connectivity index (χ1v) is 4.48. The van der Waals surface area contributed by atoms with E-state index in [0.717, 1.165) is 24.4 Å². The molecule has 1 aliphatic rings. The second kappa shape index (κ2) is 2.96. The highest BCUT2D eigenvalue weighted by Crippen LogP contribution is 2.15. The van der Waals surface area contributed by atoms with Crippen molar-refractivity contribution in [2.75, 3.05) is 7.05 Å². The zero-order valence-corrected chi connectivity index (χ0v) is 7.87. The van der Waals surface area contributed by atoms with E-state index in [1.807, 2.05) is 20.0 Å². The molecule has 70 valence electrons. The van der Waals surface area contributed by atoms with Crippen molar-refractivity contribution in [3.63, 3.8) is 0 Å². The average Bonchev–Trinajstić information content (AvgIpc) is 2.47.